The number of carbonyl (C=O) groups is 1. The number of nitrogens with one attached hydrogen (secondary N) is 1. The number of amides is 1. The molecule has 0 heterocycles. The highest BCUT2D eigenvalue weighted by Crippen LogP contribution is 2.21. The van der Waals surface area contributed by atoms with E-state index in [9.17, 15) is 13.2 Å². The number of rotatable bonds is 9. The van der Waals surface area contributed by atoms with Gasteiger partial charge in [0.1, 0.15) is 0 Å². The minimum absolute atomic E-state index is 0.179. The minimum atomic E-state index is -3.72. The summed E-state index contributed by atoms with van der Waals surface area (Å²) in [6, 6.07) is 12.5. The molecule has 0 aliphatic rings. The molecule has 0 saturated heterocycles. The standard InChI is InChI=1S/C18H24N2O4S/c1-3-24-12-6-11-19-18(21)14-20(2)25(22,23)17-10-9-15-7-4-5-8-16(15)13-17/h4-5,7-10,13H,3,6,11-12,14H2,1-2H3,(H,19,21). The Hall–Kier alpha value is -1.96. The summed E-state index contributed by atoms with van der Waals surface area (Å²) in [6.45, 7) is 3.36. The van der Waals surface area contributed by atoms with Crippen LogP contribution in [0, 0.1) is 0 Å². The van der Waals surface area contributed by atoms with Crippen molar-refractivity contribution in [3.8, 4) is 0 Å². The first-order valence-corrected chi connectivity index (χ1v) is 9.68. The molecule has 0 saturated carbocycles. The second-order valence-corrected chi connectivity index (χ2v) is 7.72. The molecule has 0 fully saturated rings. The van der Waals surface area contributed by atoms with Crippen LogP contribution in [-0.4, -0.2) is 52.0 Å². The quantitative estimate of drug-likeness (QED) is 0.691. The molecule has 136 valence electrons. The Morgan fingerprint density at radius 2 is 1.88 bits per heavy atom. The van der Waals surface area contributed by atoms with Crippen LogP contribution in [0.4, 0.5) is 0 Å². The summed E-state index contributed by atoms with van der Waals surface area (Å²) >= 11 is 0. The van der Waals surface area contributed by atoms with E-state index >= 15 is 0 Å². The van der Waals surface area contributed by atoms with Crippen LogP contribution in [0.15, 0.2) is 47.4 Å². The Bertz CT molecular complexity index is 821. The van der Waals surface area contributed by atoms with Crippen LogP contribution in [0.5, 0.6) is 0 Å². The molecule has 0 bridgehead atoms. The number of likely N-dealkylation sites (N-methyl/N-ethyl adjacent to an activating group) is 1. The molecule has 6 nitrogen and oxygen atoms in total. The maximum absolute atomic E-state index is 12.7. The SMILES string of the molecule is CCOCCCNC(=O)CN(C)S(=O)(=O)c1ccc2ccccc2c1. The van der Waals surface area contributed by atoms with Crippen molar-refractivity contribution in [1.29, 1.82) is 0 Å². The second-order valence-electron chi connectivity index (χ2n) is 5.67. The van der Waals surface area contributed by atoms with E-state index in [4.69, 9.17) is 4.74 Å². The molecule has 0 aliphatic heterocycles. The van der Waals surface area contributed by atoms with Gasteiger partial charge >= 0.3 is 0 Å². The van der Waals surface area contributed by atoms with Crippen molar-refractivity contribution in [2.75, 3.05) is 33.4 Å². The van der Waals surface area contributed by atoms with E-state index in [2.05, 4.69) is 5.32 Å². The highest BCUT2D eigenvalue weighted by molar-refractivity contribution is 7.89. The summed E-state index contributed by atoms with van der Waals surface area (Å²) < 4.78 is 31.6. The van der Waals surface area contributed by atoms with Gasteiger partial charge in [-0.05, 0) is 36.2 Å². The maximum Gasteiger partial charge on any atom is 0.243 e. The summed E-state index contributed by atoms with van der Waals surface area (Å²) in [5.41, 5.74) is 0. The molecule has 2 aromatic carbocycles. The lowest BCUT2D eigenvalue weighted by Gasteiger charge is -2.17. The van der Waals surface area contributed by atoms with Crippen LogP contribution in [-0.2, 0) is 19.6 Å². The Balaban J connectivity index is 1.98. The van der Waals surface area contributed by atoms with E-state index in [1.54, 1.807) is 18.2 Å². The topological polar surface area (TPSA) is 75.7 Å². The fourth-order valence-electron chi connectivity index (χ4n) is 2.40. The Kier molecular flexibility index (Phi) is 6.92. The molecule has 0 aliphatic carbocycles. The predicted octanol–water partition coefficient (Wildman–Crippen LogP) is 2.00. The van der Waals surface area contributed by atoms with Crippen molar-refractivity contribution in [3.63, 3.8) is 0 Å². The average Bonchev–Trinajstić information content (AvgIpc) is 2.61. The van der Waals surface area contributed by atoms with Crippen molar-refractivity contribution >= 4 is 26.7 Å². The molecule has 2 rings (SSSR count). The zero-order valence-corrected chi connectivity index (χ0v) is 15.4. The summed E-state index contributed by atoms with van der Waals surface area (Å²) in [5, 5.41) is 4.51. The van der Waals surface area contributed by atoms with Crippen molar-refractivity contribution < 1.29 is 17.9 Å². The van der Waals surface area contributed by atoms with Crippen LogP contribution in [0.25, 0.3) is 10.8 Å². The summed E-state index contributed by atoms with van der Waals surface area (Å²) in [4.78, 5) is 12.1. The molecule has 0 unspecified atom stereocenters. The summed E-state index contributed by atoms with van der Waals surface area (Å²) in [5.74, 6) is -0.330. The first kappa shape index (κ1) is 19.4. The Morgan fingerprint density at radius 1 is 1.16 bits per heavy atom. The van der Waals surface area contributed by atoms with Gasteiger partial charge in [0, 0.05) is 26.8 Å². The van der Waals surface area contributed by atoms with Crippen LogP contribution in [0.3, 0.4) is 0 Å². The predicted molar refractivity (Wildman–Crippen MR) is 97.9 cm³/mol. The first-order valence-electron chi connectivity index (χ1n) is 8.24. The Morgan fingerprint density at radius 3 is 2.60 bits per heavy atom. The number of hydrogen-bond acceptors (Lipinski definition) is 4. The lowest BCUT2D eigenvalue weighted by molar-refractivity contribution is -0.121. The molecule has 1 N–H and O–H groups in total. The van der Waals surface area contributed by atoms with Crippen LogP contribution in [0.1, 0.15) is 13.3 Å². The van der Waals surface area contributed by atoms with Gasteiger partial charge in [-0.3, -0.25) is 4.79 Å². The molecule has 0 spiro atoms. The van der Waals surface area contributed by atoms with E-state index in [-0.39, 0.29) is 17.3 Å². The van der Waals surface area contributed by atoms with Crippen LogP contribution >= 0.6 is 0 Å². The number of sulfonamides is 1. The number of nitrogens with zero attached hydrogens (tertiary/aromatic N) is 1. The number of carbonyl (C=O) groups excluding carboxylic acids is 1. The van der Waals surface area contributed by atoms with E-state index in [0.717, 1.165) is 15.1 Å². The number of ether oxygens (including phenoxy) is 1. The first-order chi connectivity index (χ1) is 11.9. The molecule has 2 aromatic rings. The van der Waals surface area contributed by atoms with E-state index in [0.29, 0.717) is 26.2 Å². The molecule has 0 atom stereocenters. The van der Waals surface area contributed by atoms with E-state index < -0.39 is 10.0 Å². The van der Waals surface area contributed by atoms with E-state index in [1.165, 1.54) is 7.05 Å². The fraction of sp³-hybridized carbons (Fsp3) is 0.389. The maximum atomic E-state index is 12.7. The highest BCUT2D eigenvalue weighted by Gasteiger charge is 2.23. The monoisotopic (exact) mass is 364 g/mol. The van der Waals surface area contributed by atoms with Crippen molar-refractivity contribution in [2.24, 2.45) is 0 Å². The van der Waals surface area contributed by atoms with Gasteiger partial charge in [0.2, 0.25) is 15.9 Å². The number of fused-ring (bicyclic) bond motifs is 1. The largest absolute Gasteiger partial charge is 0.382 e. The van der Waals surface area contributed by atoms with Crippen molar-refractivity contribution in [3.05, 3.63) is 42.5 Å². The van der Waals surface area contributed by atoms with Crippen molar-refractivity contribution in [2.45, 2.75) is 18.2 Å². The third-order valence-electron chi connectivity index (χ3n) is 3.79. The Labute approximate surface area is 148 Å². The van der Waals surface area contributed by atoms with Crippen LogP contribution in [0.2, 0.25) is 0 Å². The highest BCUT2D eigenvalue weighted by atomic mass is 32.2. The lowest BCUT2D eigenvalue weighted by Crippen LogP contribution is -2.38. The third-order valence-corrected chi connectivity index (χ3v) is 5.59. The average molecular weight is 364 g/mol. The molecular formula is C18H24N2O4S. The smallest absolute Gasteiger partial charge is 0.243 e. The zero-order chi connectivity index (χ0) is 18.3. The van der Waals surface area contributed by atoms with Gasteiger partial charge in [-0.1, -0.05) is 30.3 Å². The molecule has 25 heavy (non-hydrogen) atoms. The molecule has 0 aromatic heterocycles. The minimum Gasteiger partial charge on any atom is -0.382 e. The fourth-order valence-corrected chi connectivity index (χ4v) is 3.56. The third kappa shape index (κ3) is 5.26. The second kappa shape index (κ2) is 8.94. The number of benzene rings is 2. The summed E-state index contributed by atoms with van der Waals surface area (Å²) in [7, 11) is -2.31. The van der Waals surface area contributed by atoms with Gasteiger partial charge in [0.25, 0.3) is 0 Å². The van der Waals surface area contributed by atoms with Crippen molar-refractivity contribution in [1.82, 2.24) is 9.62 Å². The van der Waals surface area contributed by atoms with Crippen LogP contribution < -0.4 is 5.32 Å². The molecular weight excluding hydrogens is 340 g/mol. The summed E-state index contributed by atoms with van der Waals surface area (Å²) in [6.07, 6.45) is 0.695. The zero-order valence-electron chi connectivity index (χ0n) is 14.6. The molecule has 1 amide bonds. The van der Waals surface area contributed by atoms with Gasteiger partial charge in [-0.15, -0.1) is 0 Å². The molecule has 0 radical (unpaired) electrons. The van der Waals surface area contributed by atoms with E-state index in [1.807, 2.05) is 31.2 Å². The number of hydrogen-bond donors (Lipinski definition) is 1. The van der Waals surface area contributed by atoms with Gasteiger partial charge in [0.15, 0.2) is 0 Å². The normalized spacial score (nSPS) is 11.8. The van der Waals surface area contributed by atoms with Gasteiger partial charge in [0.05, 0.1) is 11.4 Å². The van der Waals surface area contributed by atoms with Gasteiger partial charge in [-0.2, -0.15) is 4.31 Å². The lowest BCUT2D eigenvalue weighted by atomic mass is 10.1. The van der Waals surface area contributed by atoms with Gasteiger partial charge in [-0.25, -0.2) is 8.42 Å². The molecule has 7 heteroatoms. The van der Waals surface area contributed by atoms with Gasteiger partial charge < -0.3 is 10.1 Å².